The predicted molar refractivity (Wildman–Crippen MR) is 148 cm³/mol. The molecule has 2 heterocycles. The molecule has 4 rings (SSSR count). The van der Waals surface area contributed by atoms with Gasteiger partial charge in [0, 0.05) is 31.7 Å². The molecule has 0 radical (unpaired) electrons. The molecular weight excluding hydrogens is 480 g/mol. The summed E-state index contributed by atoms with van der Waals surface area (Å²) in [5.41, 5.74) is 3.52. The summed E-state index contributed by atoms with van der Waals surface area (Å²) in [7, 11) is 0. The quantitative estimate of drug-likeness (QED) is 0.197. The van der Waals surface area contributed by atoms with Crippen LogP contribution >= 0.6 is 0 Å². The minimum absolute atomic E-state index is 0.143. The molecule has 1 N–H and O–H groups in total. The SMILES string of the molecule is CCCCOc1ccc(/C(O)=C2/C(=O)C(=O)N(CCCN3CCOCC3)C2c2ccc(CC)cc2)cc1C. The number of unbranched alkanes of at least 4 members (excludes halogenated alkanes) is 1. The summed E-state index contributed by atoms with van der Waals surface area (Å²) in [6, 6.07) is 12.7. The van der Waals surface area contributed by atoms with Crippen LogP contribution in [-0.4, -0.2) is 72.6 Å². The average molecular weight is 521 g/mol. The van der Waals surface area contributed by atoms with Gasteiger partial charge in [0.15, 0.2) is 0 Å². The summed E-state index contributed by atoms with van der Waals surface area (Å²) in [5.74, 6) is -0.592. The number of Topliss-reactive ketones (excluding diaryl/α,β-unsaturated/α-hetero) is 1. The summed E-state index contributed by atoms with van der Waals surface area (Å²) in [6.07, 6.45) is 3.64. The number of ketones is 1. The number of carbonyl (C=O) groups excluding carboxylic acids is 2. The molecule has 2 aromatic rings. The van der Waals surface area contributed by atoms with Gasteiger partial charge in [0.2, 0.25) is 0 Å². The largest absolute Gasteiger partial charge is 0.507 e. The van der Waals surface area contributed by atoms with Crippen LogP contribution in [0.4, 0.5) is 0 Å². The fraction of sp³-hybridized carbons (Fsp3) is 0.484. The van der Waals surface area contributed by atoms with Crippen molar-refractivity contribution in [1.29, 1.82) is 0 Å². The van der Waals surface area contributed by atoms with Crippen molar-refractivity contribution >= 4 is 17.4 Å². The Hall–Kier alpha value is -3.16. The molecule has 2 fully saturated rings. The molecule has 2 aromatic carbocycles. The fourth-order valence-electron chi connectivity index (χ4n) is 5.12. The predicted octanol–water partition coefficient (Wildman–Crippen LogP) is 4.88. The highest BCUT2D eigenvalue weighted by Crippen LogP contribution is 2.40. The number of hydrogen-bond acceptors (Lipinski definition) is 6. The van der Waals surface area contributed by atoms with Crippen molar-refractivity contribution in [2.75, 3.05) is 46.0 Å². The molecule has 2 aliphatic heterocycles. The third-order valence-electron chi connectivity index (χ3n) is 7.42. The maximum atomic E-state index is 13.4. The second-order valence-corrected chi connectivity index (χ2v) is 10.1. The number of carbonyl (C=O) groups is 2. The zero-order valence-corrected chi connectivity index (χ0v) is 22.9. The van der Waals surface area contributed by atoms with Crippen molar-refractivity contribution in [3.63, 3.8) is 0 Å². The Morgan fingerprint density at radius 1 is 1.03 bits per heavy atom. The highest BCUT2D eigenvalue weighted by molar-refractivity contribution is 6.46. The summed E-state index contributed by atoms with van der Waals surface area (Å²) >= 11 is 0. The number of ether oxygens (including phenoxy) is 2. The van der Waals surface area contributed by atoms with E-state index in [0.29, 0.717) is 18.7 Å². The van der Waals surface area contributed by atoms with Gasteiger partial charge in [0.1, 0.15) is 11.5 Å². The Bertz CT molecular complexity index is 1150. The minimum atomic E-state index is -0.639. The van der Waals surface area contributed by atoms with Crippen molar-refractivity contribution in [3.05, 3.63) is 70.3 Å². The average Bonchev–Trinajstić information content (AvgIpc) is 3.19. The Morgan fingerprint density at radius 2 is 1.76 bits per heavy atom. The highest BCUT2D eigenvalue weighted by Gasteiger charge is 2.45. The number of nitrogens with zero attached hydrogens (tertiary/aromatic N) is 2. The molecule has 0 aromatic heterocycles. The second-order valence-electron chi connectivity index (χ2n) is 10.1. The second kappa shape index (κ2) is 13.1. The van der Waals surface area contributed by atoms with Crippen LogP contribution in [0, 0.1) is 6.92 Å². The Kier molecular flexibility index (Phi) is 9.58. The van der Waals surface area contributed by atoms with Crippen molar-refractivity contribution in [3.8, 4) is 5.75 Å². The molecule has 7 heteroatoms. The summed E-state index contributed by atoms with van der Waals surface area (Å²) in [6.45, 7) is 11.2. The van der Waals surface area contributed by atoms with Gasteiger partial charge in [0.05, 0.1) is 31.4 Å². The molecule has 1 amide bonds. The van der Waals surface area contributed by atoms with Crippen molar-refractivity contribution in [2.24, 2.45) is 0 Å². The van der Waals surface area contributed by atoms with E-state index in [1.54, 1.807) is 11.0 Å². The van der Waals surface area contributed by atoms with Crippen LogP contribution in [0.3, 0.4) is 0 Å². The molecule has 1 unspecified atom stereocenters. The molecule has 1 atom stereocenters. The maximum absolute atomic E-state index is 13.4. The molecule has 2 aliphatic rings. The number of rotatable bonds is 11. The number of amides is 1. The molecule has 204 valence electrons. The Morgan fingerprint density at radius 3 is 2.42 bits per heavy atom. The standard InChI is InChI=1S/C31H40N2O5/c1-4-6-18-38-26-13-12-25(21-22(26)3)29(34)27-28(24-10-8-23(5-2)9-11-24)33(31(36)30(27)35)15-7-14-32-16-19-37-20-17-32/h8-13,21,28,34H,4-7,14-20H2,1-3H3/b29-27-. The number of likely N-dealkylation sites (tertiary alicyclic amines) is 1. The third-order valence-corrected chi connectivity index (χ3v) is 7.42. The lowest BCUT2D eigenvalue weighted by Crippen LogP contribution is -2.38. The van der Waals surface area contributed by atoms with E-state index in [4.69, 9.17) is 9.47 Å². The van der Waals surface area contributed by atoms with Crippen molar-refractivity contribution in [1.82, 2.24) is 9.80 Å². The van der Waals surface area contributed by atoms with Gasteiger partial charge in [-0.25, -0.2) is 0 Å². The highest BCUT2D eigenvalue weighted by atomic mass is 16.5. The van der Waals surface area contributed by atoms with Crippen LogP contribution in [-0.2, 0) is 20.7 Å². The van der Waals surface area contributed by atoms with Crippen LogP contribution in [0.1, 0.15) is 61.4 Å². The van der Waals surface area contributed by atoms with E-state index in [9.17, 15) is 14.7 Å². The zero-order chi connectivity index (χ0) is 27.1. The molecule has 38 heavy (non-hydrogen) atoms. The lowest BCUT2D eigenvalue weighted by molar-refractivity contribution is -0.140. The topological polar surface area (TPSA) is 79.3 Å². The number of aryl methyl sites for hydroxylation is 2. The normalized spacial score (nSPS) is 19.8. The van der Waals surface area contributed by atoms with Crippen molar-refractivity contribution in [2.45, 2.75) is 52.5 Å². The van der Waals surface area contributed by atoms with E-state index in [1.165, 1.54) is 5.56 Å². The number of aliphatic hydroxyl groups excluding tert-OH is 1. The maximum Gasteiger partial charge on any atom is 0.295 e. The number of benzene rings is 2. The van der Waals surface area contributed by atoms with Gasteiger partial charge in [-0.05, 0) is 61.1 Å². The van der Waals surface area contributed by atoms with Crippen LogP contribution in [0.5, 0.6) is 5.75 Å². The van der Waals surface area contributed by atoms with E-state index in [1.807, 2.05) is 43.3 Å². The van der Waals surface area contributed by atoms with Gasteiger partial charge in [-0.15, -0.1) is 0 Å². The molecule has 0 bridgehead atoms. The first-order valence-electron chi connectivity index (χ1n) is 13.9. The molecular formula is C31H40N2O5. The fourth-order valence-corrected chi connectivity index (χ4v) is 5.12. The summed E-state index contributed by atoms with van der Waals surface area (Å²) in [4.78, 5) is 30.6. The first-order chi connectivity index (χ1) is 18.4. The summed E-state index contributed by atoms with van der Waals surface area (Å²) in [5, 5.41) is 11.4. The Balaban J connectivity index is 1.65. The first kappa shape index (κ1) is 27.9. The van der Waals surface area contributed by atoms with Gasteiger partial charge in [-0.1, -0.05) is 44.5 Å². The zero-order valence-electron chi connectivity index (χ0n) is 22.9. The van der Waals surface area contributed by atoms with Crippen LogP contribution in [0.2, 0.25) is 0 Å². The number of aliphatic hydroxyl groups is 1. The molecule has 0 aliphatic carbocycles. The minimum Gasteiger partial charge on any atom is -0.507 e. The summed E-state index contributed by atoms with van der Waals surface area (Å²) < 4.78 is 11.3. The molecule has 0 saturated carbocycles. The molecule has 0 spiro atoms. The van der Waals surface area contributed by atoms with Crippen LogP contribution in [0.25, 0.3) is 5.76 Å². The van der Waals surface area contributed by atoms with Crippen molar-refractivity contribution < 1.29 is 24.2 Å². The number of hydrogen-bond donors (Lipinski definition) is 1. The van der Waals surface area contributed by atoms with Crippen LogP contribution in [0.15, 0.2) is 48.0 Å². The monoisotopic (exact) mass is 520 g/mol. The van der Waals surface area contributed by atoms with E-state index in [0.717, 1.165) is 75.4 Å². The van der Waals surface area contributed by atoms with E-state index in [-0.39, 0.29) is 11.3 Å². The van der Waals surface area contributed by atoms with Gasteiger partial charge in [0.25, 0.3) is 11.7 Å². The lowest BCUT2D eigenvalue weighted by Gasteiger charge is -2.29. The van der Waals surface area contributed by atoms with Gasteiger partial charge < -0.3 is 19.5 Å². The first-order valence-corrected chi connectivity index (χ1v) is 13.9. The Labute approximate surface area is 226 Å². The molecule has 7 nitrogen and oxygen atoms in total. The van der Waals surface area contributed by atoms with E-state index in [2.05, 4.69) is 18.7 Å². The van der Waals surface area contributed by atoms with Gasteiger partial charge in [-0.3, -0.25) is 14.5 Å². The smallest absolute Gasteiger partial charge is 0.295 e. The molecule has 2 saturated heterocycles. The van der Waals surface area contributed by atoms with E-state index < -0.39 is 17.7 Å². The van der Waals surface area contributed by atoms with E-state index >= 15 is 0 Å². The van der Waals surface area contributed by atoms with Crippen LogP contribution < -0.4 is 4.74 Å². The van der Waals surface area contributed by atoms with Gasteiger partial charge >= 0.3 is 0 Å². The lowest BCUT2D eigenvalue weighted by atomic mass is 9.94. The van der Waals surface area contributed by atoms with Gasteiger partial charge in [-0.2, -0.15) is 0 Å². The third kappa shape index (κ3) is 6.27. The number of morpholine rings is 1.